The average molecular weight is 205 g/mol. The molecule has 1 atom stereocenters. The van der Waals surface area contributed by atoms with E-state index in [0.29, 0.717) is 6.42 Å². The summed E-state index contributed by atoms with van der Waals surface area (Å²) < 4.78 is 5.56. The molecule has 1 aromatic carbocycles. The van der Waals surface area contributed by atoms with Gasteiger partial charge in [0, 0.05) is 12.5 Å². The lowest BCUT2D eigenvalue weighted by molar-refractivity contribution is -0.127. The predicted molar refractivity (Wildman–Crippen MR) is 57.8 cm³/mol. The number of amides is 1. The number of fused-ring (bicyclic) bond motifs is 1. The Hall–Kier alpha value is -1.51. The first-order valence-corrected chi connectivity index (χ1v) is 5.22. The Morgan fingerprint density at radius 3 is 2.87 bits per heavy atom. The first-order chi connectivity index (χ1) is 7.16. The van der Waals surface area contributed by atoms with E-state index in [-0.39, 0.29) is 18.1 Å². The van der Waals surface area contributed by atoms with E-state index in [1.54, 1.807) is 0 Å². The summed E-state index contributed by atoms with van der Waals surface area (Å²) in [5, 5.41) is 2.86. The topological polar surface area (TPSA) is 38.3 Å². The molecule has 1 aliphatic rings. The van der Waals surface area contributed by atoms with Gasteiger partial charge in [0.15, 0.2) is 6.10 Å². The third-order valence-electron chi connectivity index (χ3n) is 2.37. The van der Waals surface area contributed by atoms with Crippen LogP contribution in [0, 0.1) is 0 Å². The van der Waals surface area contributed by atoms with Crippen molar-refractivity contribution in [3.63, 3.8) is 0 Å². The lowest BCUT2D eigenvalue weighted by atomic mass is 10.1. The molecule has 1 N–H and O–H groups in total. The fraction of sp³-hybridized carbons (Fsp3) is 0.417. The molecule has 1 amide bonds. The highest BCUT2D eigenvalue weighted by molar-refractivity contribution is 5.82. The van der Waals surface area contributed by atoms with E-state index in [2.05, 4.69) is 5.32 Å². The normalized spacial score (nSPS) is 18.5. The molecule has 80 valence electrons. The summed E-state index contributed by atoms with van der Waals surface area (Å²) in [4.78, 5) is 11.7. The fourth-order valence-corrected chi connectivity index (χ4v) is 1.71. The van der Waals surface area contributed by atoms with Gasteiger partial charge in [-0.3, -0.25) is 4.79 Å². The number of carbonyl (C=O) groups excluding carboxylic acids is 1. The quantitative estimate of drug-likeness (QED) is 0.794. The third-order valence-corrected chi connectivity index (χ3v) is 2.37. The minimum Gasteiger partial charge on any atom is -0.480 e. The van der Waals surface area contributed by atoms with Gasteiger partial charge in [-0.15, -0.1) is 0 Å². The van der Waals surface area contributed by atoms with Gasteiger partial charge in [0.1, 0.15) is 5.75 Å². The fourth-order valence-electron chi connectivity index (χ4n) is 1.71. The molecule has 0 spiro atoms. The third kappa shape index (κ3) is 2.12. The second-order valence-electron chi connectivity index (χ2n) is 4.08. The maximum absolute atomic E-state index is 11.7. The first-order valence-electron chi connectivity index (χ1n) is 5.22. The Morgan fingerprint density at radius 1 is 1.47 bits per heavy atom. The minimum atomic E-state index is -0.357. The molecule has 3 nitrogen and oxygen atoms in total. The van der Waals surface area contributed by atoms with Crippen molar-refractivity contribution in [2.24, 2.45) is 0 Å². The van der Waals surface area contributed by atoms with Crippen LogP contribution in [-0.4, -0.2) is 18.1 Å². The summed E-state index contributed by atoms with van der Waals surface area (Å²) in [7, 11) is 0. The zero-order chi connectivity index (χ0) is 10.8. The standard InChI is InChI=1S/C12H15NO2/c1-8(2)13-12(14)11-7-9-5-3-4-6-10(9)15-11/h3-6,8,11H,7H2,1-2H3,(H,13,14)/t11-/m1/s1. The van der Waals surface area contributed by atoms with Gasteiger partial charge in [-0.25, -0.2) is 0 Å². The minimum absolute atomic E-state index is 0.0267. The number of nitrogens with one attached hydrogen (secondary N) is 1. The maximum atomic E-state index is 11.7. The van der Waals surface area contributed by atoms with E-state index >= 15 is 0 Å². The lowest BCUT2D eigenvalue weighted by Crippen LogP contribution is -2.40. The van der Waals surface area contributed by atoms with E-state index < -0.39 is 0 Å². The van der Waals surface area contributed by atoms with Gasteiger partial charge < -0.3 is 10.1 Å². The van der Waals surface area contributed by atoms with Crippen LogP contribution >= 0.6 is 0 Å². The lowest BCUT2D eigenvalue weighted by Gasteiger charge is -2.13. The molecule has 1 aliphatic heterocycles. The molecule has 3 heteroatoms. The number of ether oxygens (including phenoxy) is 1. The Labute approximate surface area is 89.4 Å². The highest BCUT2D eigenvalue weighted by Crippen LogP contribution is 2.28. The Morgan fingerprint density at radius 2 is 2.20 bits per heavy atom. The van der Waals surface area contributed by atoms with Crippen molar-refractivity contribution in [3.8, 4) is 5.75 Å². The largest absolute Gasteiger partial charge is 0.480 e. The van der Waals surface area contributed by atoms with Crippen LogP contribution in [0.3, 0.4) is 0 Å². The molecule has 0 fully saturated rings. The molecule has 1 aromatic rings. The smallest absolute Gasteiger partial charge is 0.261 e. The summed E-state index contributed by atoms with van der Waals surface area (Å²) in [6.45, 7) is 3.89. The summed E-state index contributed by atoms with van der Waals surface area (Å²) in [6.07, 6.45) is 0.319. The van der Waals surface area contributed by atoms with Crippen LogP contribution in [-0.2, 0) is 11.2 Å². The van der Waals surface area contributed by atoms with Gasteiger partial charge in [0.2, 0.25) is 0 Å². The molecule has 2 rings (SSSR count). The highest BCUT2D eigenvalue weighted by Gasteiger charge is 2.28. The van der Waals surface area contributed by atoms with Crippen molar-refractivity contribution in [1.82, 2.24) is 5.32 Å². The molecule has 0 radical (unpaired) electrons. The number of para-hydroxylation sites is 1. The van der Waals surface area contributed by atoms with Crippen LogP contribution in [0.25, 0.3) is 0 Å². The zero-order valence-corrected chi connectivity index (χ0v) is 8.99. The maximum Gasteiger partial charge on any atom is 0.261 e. The highest BCUT2D eigenvalue weighted by atomic mass is 16.5. The molecule has 1 heterocycles. The summed E-state index contributed by atoms with van der Waals surface area (Å²) in [5.41, 5.74) is 1.11. The van der Waals surface area contributed by atoms with Crippen molar-refractivity contribution in [2.75, 3.05) is 0 Å². The molecule has 0 bridgehead atoms. The molecular weight excluding hydrogens is 190 g/mol. The van der Waals surface area contributed by atoms with Crippen LogP contribution in [0.15, 0.2) is 24.3 Å². The zero-order valence-electron chi connectivity index (χ0n) is 8.99. The van der Waals surface area contributed by atoms with Crippen LogP contribution in [0.5, 0.6) is 5.75 Å². The van der Waals surface area contributed by atoms with E-state index in [0.717, 1.165) is 11.3 Å². The monoisotopic (exact) mass is 205 g/mol. The van der Waals surface area contributed by atoms with Crippen LogP contribution in [0.4, 0.5) is 0 Å². The van der Waals surface area contributed by atoms with E-state index in [9.17, 15) is 4.79 Å². The molecule has 0 saturated carbocycles. The Kier molecular flexibility index (Phi) is 2.62. The molecule has 15 heavy (non-hydrogen) atoms. The first kappa shape index (κ1) is 10.0. The van der Waals surface area contributed by atoms with Crippen LogP contribution < -0.4 is 10.1 Å². The van der Waals surface area contributed by atoms with Gasteiger partial charge >= 0.3 is 0 Å². The van der Waals surface area contributed by atoms with Gasteiger partial charge in [0.05, 0.1) is 0 Å². The van der Waals surface area contributed by atoms with Gasteiger partial charge in [-0.1, -0.05) is 18.2 Å². The number of rotatable bonds is 2. The summed E-state index contributed by atoms with van der Waals surface area (Å²) in [5.74, 6) is 0.808. The number of carbonyl (C=O) groups is 1. The summed E-state index contributed by atoms with van der Waals surface area (Å²) in [6, 6.07) is 7.94. The summed E-state index contributed by atoms with van der Waals surface area (Å²) >= 11 is 0. The SMILES string of the molecule is CC(C)NC(=O)[C@H]1Cc2ccccc2O1. The second kappa shape index (κ2) is 3.93. The predicted octanol–water partition coefficient (Wildman–Crippen LogP) is 1.51. The van der Waals surface area contributed by atoms with Gasteiger partial charge in [-0.2, -0.15) is 0 Å². The average Bonchev–Trinajstić information content (AvgIpc) is 2.59. The van der Waals surface area contributed by atoms with Crippen molar-refractivity contribution < 1.29 is 9.53 Å². The number of benzene rings is 1. The number of hydrogen-bond donors (Lipinski definition) is 1. The van der Waals surface area contributed by atoms with Crippen LogP contribution in [0.2, 0.25) is 0 Å². The number of hydrogen-bond acceptors (Lipinski definition) is 2. The Bertz CT molecular complexity index is 349. The van der Waals surface area contributed by atoms with Crippen LogP contribution in [0.1, 0.15) is 19.4 Å². The van der Waals surface area contributed by atoms with Crippen molar-refractivity contribution >= 4 is 5.91 Å². The van der Waals surface area contributed by atoms with Crippen molar-refractivity contribution in [2.45, 2.75) is 32.4 Å². The molecule has 0 aromatic heterocycles. The molecule has 0 unspecified atom stereocenters. The van der Waals surface area contributed by atoms with Gasteiger partial charge in [-0.05, 0) is 25.5 Å². The van der Waals surface area contributed by atoms with E-state index in [4.69, 9.17) is 4.74 Å². The second-order valence-corrected chi connectivity index (χ2v) is 4.08. The molecular formula is C12H15NO2. The van der Waals surface area contributed by atoms with Crippen molar-refractivity contribution in [3.05, 3.63) is 29.8 Å². The van der Waals surface area contributed by atoms with Gasteiger partial charge in [0.25, 0.3) is 5.91 Å². The Balaban J connectivity index is 2.04. The molecule has 0 aliphatic carbocycles. The van der Waals surface area contributed by atoms with Crippen molar-refractivity contribution in [1.29, 1.82) is 0 Å². The van der Waals surface area contributed by atoms with E-state index in [1.807, 2.05) is 38.1 Å². The molecule has 0 saturated heterocycles. The van der Waals surface area contributed by atoms with E-state index in [1.165, 1.54) is 0 Å².